The molecule has 1 heterocycles. The molecule has 0 spiro atoms. The van der Waals surface area contributed by atoms with Crippen LogP contribution in [0.1, 0.15) is 12.8 Å². The average molecular weight is 222 g/mol. The van der Waals surface area contributed by atoms with Gasteiger partial charge < -0.3 is 20.5 Å². The molecule has 4 heteroatoms. The van der Waals surface area contributed by atoms with Gasteiger partial charge in [0.05, 0.1) is 18.9 Å². The number of nitrogens with zero attached hydrogens (tertiary/aromatic N) is 1. The number of methoxy groups -OCH3 is 1. The predicted molar refractivity (Wildman–Crippen MR) is 64.9 cm³/mol. The number of aliphatic hydroxyl groups is 1. The predicted octanol–water partition coefficient (Wildman–Crippen LogP) is 1.24. The summed E-state index contributed by atoms with van der Waals surface area (Å²) in [4.78, 5) is 2.16. The van der Waals surface area contributed by atoms with E-state index in [2.05, 4.69) is 4.90 Å². The molecule has 1 saturated heterocycles. The third kappa shape index (κ3) is 2.22. The fourth-order valence-electron chi connectivity index (χ4n) is 2.09. The molecule has 0 amide bonds. The number of piperidine rings is 1. The second kappa shape index (κ2) is 4.61. The zero-order chi connectivity index (χ0) is 11.5. The Balaban J connectivity index is 2.19. The van der Waals surface area contributed by atoms with Crippen molar-refractivity contribution in [1.82, 2.24) is 0 Å². The second-order valence-corrected chi connectivity index (χ2v) is 4.17. The topological polar surface area (TPSA) is 58.7 Å². The fourth-order valence-corrected chi connectivity index (χ4v) is 2.09. The van der Waals surface area contributed by atoms with Gasteiger partial charge in [0.15, 0.2) is 0 Å². The van der Waals surface area contributed by atoms with Gasteiger partial charge in [0.2, 0.25) is 0 Å². The zero-order valence-corrected chi connectivity index (χ0v) is 9.52. The number of anilines is 2. The first-order valence-corrected chi connectivity index (χ1v) is 5.57. The summed E-state index contributed by atoms with van der Waals surface area (Å²) in [5, 5.41) is 9.62. The summed E-state index contributed by atoms with van der Waals surface area (Å²) in [6, 6.07) is 5.73. The van der Waals surface area contributed by atoms with Crippen LogP contribution in [0.15, 0.2) is 18.2 Å². The molecule has 1 fully saturated rings. The van der Waals surface area contributed by atoms with Gasteiger partial charge in [-0.2, -0.15) is 0 Å². The number of nitrogens with two attached hydrogens (primary N) is 1. The molecule has 1 unspecified atom stereocenters. The van der Waals surface area contributed by atoms with Gasteiger partial charge in [-0.1, -0.05) is 0 Å². The lowest BCUT2D eigenvalue weighted by Crippen LogP contribution is -2.38. The van der Waals surface area contributed by atoms with E-state index in [1.165, 1.54) is 0 Å². The molecule has 88 valence electrons. The summed E-state index contributed by atoms with van der Waals surface area (Å²) in [6.45, 7) is 1.66. The Morgan fingerprint density at radius 2 is 2.31 bits per heavy atom. The zero-order valence-electron chi connectivity index (χ0n) is 9.52. The Bertz CT molecular complexity index is 368. The summed E-state index contributed by atoms with van der Waals surface area (Å²) in [5.41, 5.74) is 7.47. The molecule has 3 N–H and O–H groups in total. The summed E-state index contributed by atoms with van der Waals surface area (Å²) < 4.78 is 5.19. The van der Waals surface area contributed by atoms with E-state index < -0.39 is 0 Å². The molecule has 0 saturated carbocycles. The van der Waals surface area contributed by atoms with Crippen LogP contribution in [0.4, 0.5) is 11.4 Å². The fraction of sp³-hybridized carbons (Fsp3) is 0.500. The summed E-state index contributed by atoms with van der Waals surface area (Å²) >= 11 is 0. The normalized spacial score (nSPS) is 20.9. The first-order valence-electron chi connectivity index (χ1n) is 5.57. The Morgan fingerprint density at radius 3 is 3.00 bits per heavy atom. The molecular formula is C12H18N2O2. The molecule has 0 aliphatic carbocycles. The highest BCUT2D eigenvalue weighted by Gasteiger charge is 2.18. The smallest absolute Gasteiger partial charge is 0.143 e. The molecule has 1 aliphatic heterocycles. The number of hydrogen-bond acceptors (Lipinski definition) is 4. The van der Waals surface area contributed by atoms with Gasteiger partial charge >= 0.3 is 0 Å². The molecular weight excluding hydrogens is 204 g/mol. The number of aliphatic hydroxyl groups excluding tert-OH is 1. The van der Waals surface area contributed by atoms with Crippen molar-refractivity contribution in [3.05, 3.63) is 18.2 Å². The highest BCUT2D eigenvalue weighted by Crippen LogP contribution is 2.28. The van der Waals surface area contributed by atoms with Crippen LogP contribution < -0.4 is 15.4 Å². The van der Waals surface area contributed by atoms with Gasteiger partial charge in [0.1, 0.15) is 5.75 Å². The molecule has 1 aliphatic rings. The van der Waals surface area contributed by atoms with Crippen molar-refractivity contribution in [3.8, 4) is 5.75 Å². The highest BCUT2D eigenvalue weighted by atomic mass is 16.5. The number of rotatable bonds is 2. The number of β-amino-alcohol motifs (C(OH)–C–C–N with tert-alkyl or cyclic N) is 1. The van der Waals surface area contributed by atoms with E-state index in [-0.39, 0.29) is 6.10 Å². The quantitative estimate of drug-likeness (QED) is 0.739. The van der Waals surface area contributed by atoms with Crippen LogP contribution in [0.2, 0.25) is 0 Å². The molecule has 1 aromatic rings. The van der Waals surface area contributed by atoms with Gasteiger partial charge in [0.25, 0.3) is 0 Å². The van der Waals surface area contributed by atoms with Crippen molar-refractivity contribution in [3.63, 3.8) is 0 Å². The molecule has 2 rings (SSSR count). The molecule has 0 bridgehead atoms. The molecule has 1 atom stereocenters. The third-order valence-electron chi connectivity index (χ3n) is 2.98. The minimum atomic E-state index is -0.225. The monoisotopic (exact) mass is 222 g/mol. The van der Waals surface area contributed by atoms with Crippen molar-refractivity contribution in [1.29, 1.82) is 0 Å². The molecule has 0 aromatic heterocycles. The maximum Gasteiger partial charge on any atom is 0.143 e. The van der Waals surface area contributed by atoms with Gasteiger partial charge in [-0.05, 0) is 25.0 Å². The Labute approximate surface area is 95.6 Å². The summed E-state index contributed by atoms with van der Waals surface area (Å²) in [6.07, 6.45) is 1.69. The number of benzene rings is 1. The third-order valence-corrected chi connectivity index (χ3v) is 2.98. The maximum absolute atomic E-state index is 9.62. The van der Waals surface area contributed by atoms with E-state index in [0.29, 0.717) is 18.0 Å². The van der Waals surface area contributed by atoms with Crippen LogP contribution >= 0.6 is 0 Å². The maximum atomic E-state index is 9.62. The molecule has 0 radical (unpaired) electrons. The van der Waals surface area contributed by atoms with E-state index in [1.54, 1.807) is 7.11 Å². The Hall–Kier alpha value is -1.42. The van der Waals surface area contributed by atoms with Crippen molar-refractivity contribution in [2.24, 2.45) is 0 Å². The van der Waals surface area contributed by atoms with E-state index in [9.17, 15) is 5.11 Å². The second-order valence-electron chi connectivity index (χ2n) is 4.17. The van der Waals surface area contributed by atoms with Crippen molar-refractivity contribution in [2.45, 2.75) is 18.9 Å². The van der Waals surface area contributed by atoms with Gasteiger partial charge in [-0.3, -0.25) is 0 Å². The van der Waals surface area contributed by atoms with E-state index >= 15 is 0 Å². The van der Waals surface area contributed by atoms with Crippen LogP contribution in [0.3, 0.4) is 0 Å². The average Bonchev–Trinajstić information content (AvgIpc) is 2.29. The van der Waals surface area contributed by atoms with Crippen LogP contribution in [0, 0.1) is 0 Å². The SMILES string of the molecule is COc1cc(N2CCCC(O)C2)ccc1N. The Morgan fingerprint density at radius 1 is 1.50 bits per heavy atom. The largest absolute Gasteiger partial charge is 0.495 e. The van der Waals surface area contributed by atoms with Crippen LogP contribution in [-0.4, -0.2) is 31.4 Å². The van der Waals surface area contributed by atoms with Crippen molar-refractivity contribution in [2.75, 3.05) is 30.8 Å². The van der Waals surface area contributed by atoms with E-state index in [4.69, 9.17) is 10.5 Å². The van der Waals surface area contributed by atoms with Gasteiger partial charge in [-0.15, -0.1) is 0 Å². The van der Waals surface area contributed by atoms with Crippen molar-refractivity contribution >= 4 is 11.4 Å². The van der Waals surface area contributed by atoms with Gasteiger partial charge in [0, 0.05) is 24.8 Å². The minimum Gasteiger partial charge on any atom is -0.495 e. The minimum absolute atomic E-state index is 0.225. The number of ether oxygens (including phenoxy) is 1. The number of hydrogen-bond donors (Lipinski definition) is 2. The van der Waals surface area contributed by atoms with Gasteiger partial charge in [-0.25, -0.2) is 0 Å². The van der Waals surface area contributed by atoms with Crippen LogP contribution in [-0.2, 0) is 0 Å². The standard InChI is InChI=1S/C12H18N2O2/c1-16-12-7-9(4-5-11(12)13)14-6-2-3-10(15)8-14/h4-5,7,10,15H,2-3,6,8,13H2,1H3. The molecule has 4 nitrogen and oxygen atoms in total. The van der Waals surface area contributed by atoms with Crippen LogP contribution in [0.25, 0.3) is 0 Å². The molecule has 16 heavy (non-hydrogen) atoms. The lowest BCUT2D eigenvalue weighted by atomic mass is 10.1. The lowest BCUT2D eigenvalue weighted by molar-refractivity contribution is 0.154. The first-order chi connectivity index (χ1) is 7.70. The Kier molecular flexibility index (Phi) is 3.19. The van der Waals surface area contributed by atoms with E-state index in [0.717, 1.165) is 25.1 Å². The number of nitrogen functional groups attached to an aromatic ring is 1. The van der Waals surface area contributed by atoms with E-state index in [1.807, 2.05) is 18.2 Å². The van der Waals surface area contributed by atoms with Crippen LogP contribution in [0.5, 0.6) is 5.75 Å². The highest BCUT2D eigenvalue weighted by molar-refractivity contribution is 5.62. The first kappa shape index (κ1) is 11.1. The lowest BCUT2D eigenvalue weighted by Gasteiger charge is -2.32. The molecule has 1 aromatic carbocycles. The summed E-state index contributed by atoms with van der Waals surface area (Å²) in [7, 11) is 1.61. The van der Waals surface area contributed by atoms with Crippen molar-refractivity contribution < 1.29 is 9.84 Å². The summed E-state index contributed by atoms with van der Waals surface area (Å²) in [5.74, 6) is 0.692.